The van der Waals surface area contributed by atoms with E-state index in [-0.39, 0.29) is 23.0 Å². The Balaban J connectivity index is 1.49. The number of β-lactam (4-membered cyclic amide) rings is 1. The number of nitrogens with zero attached hydrogens (tertiary/aromatic N) is 5. The molecule has 1 fully saturated rings. The summed E-state index contributed by atoms with van der Waals surface area (Å²) in [5.41, 5.74) is 10.6. The molecule has 184 valence electrons. The Bertz CT molecular complexity index is 1230. The maximum absolute atomic E-state index is 12.9. The van der Waals surface area contributed by atoms with Gasteiger partial charge in [0.2, 0.25) is 0 Å². The number of carbonyl (C=O) groups is 3. The van der Waals surface area contributed by atoms with Crippen molar-refractivity contribution in [3.63, 3.8) is 0 Å². The molecular weight excluding hydrogens is 537 g/mol. The first-order valence-electron chi connectivity index (χ1n) is 9.85. The van der Waals surface area contributed by atoms with Gasteiger partial charge in [-0.15, -0.1) is 22.0 Å². The van der Waals surface area contributed by atoms with E-state index in [9.17, 15) is 24.7 Å². The number of aliphatic carboxylic acids is 1. The summed E-state index contributed by atoms with van der Waals surface area (Å²) in [5, 5.41) is 32.1. The van der Waals surface area contributed by atoms with Crippen molar-refractivity contribution < 1.29 is 24.7 Å². The number of nitrogen functional groups attached to an aromatic ring is 1. The number of amides is 2. The predicted octanol–water partition coefficient (Wildman–Crippen LogP) is 0.233. The van der Waals surface area contributed by atoms with Crippen LogP contribution in [0.5, 0.6) is 0 Å². The van der Waals surface area contributed by atoms with Crippen LogP contribution in [-0.4, -0.2) is 83.4 Å². The molecule has 2 atom stereocenters. The minimum atomic E-state index is -1.26. The summed E-state index contributed by atoms with van der Waals surface area (Å²) >= 11 is 5.21. The van der Waals surface area contributed by atoms with Crippen molar-refractivity contribution in [2.45, 2.75) is 20.1 Å². The summed E-state index contributed by atoms with van der Waals surface area (Å²) in [7, 11) is 0. The van der Waals surface area contributed by atoms with E-state index >= 15 is 0 Å². The van der Waals surface area contributed by atoms with E-state index in [1.54, 1.807) is 0 Å². The van der Waals surface area contributed by atoms with Crippen LogP contribution in [0.4, 0.5) is 5.82 Å². The quantitative estimate of drug-likeness (QED) is 0.0925. The van der Waals surface area contributed by atoms with Gasteiger partial charge in [0.15, 0.2) is 14.4 Å². The third-order valence-corrected chi connectivity index (χ3v) is 9.38. The number of rotatable bonds is 9. The summed E-state index contributed by atoms with van der Waals surface area (Å²) in [6.07, 6.45) is 0. The van der Waals surface area contributed by atoms with E-state index in [1.807, 2.05) is 0 Å². The number of carboxylic acids is 1. The van der Waals surface area contributed by atoms with E-state index in [0.717, 1.165) is 21.0 Å². The lowest BCUT2D eigenvalue weighted by Crippen LogP contribution is -2.71. The normalized spacial score (nSPS) is 19.9. The molecular formula is C18H18N8O5S4. The largest absolute Gasteiger partial charge is 0.477 e. The highest BCUT2D eigenvalue weighted by atomic mass is 32.2. The lowest BCUT2D eigenvalue weighted by atomic mass is 10.0. The molecule has 2 aliphatic rings. The molecule has 4 heterocycles. The molecule has 1 saturated heterocycles. The van der Waals surface area contributed by atoms with Crippen molar-refractivity contribution in [2.24, 2.45) is 10.9 Å². The lowest BCUT2D eigenvalue weighted by Gasteiger charge is -2.49. The van der Waals surface area contributed by atoms with E-state index in [1.165, 1.54) is 53.1 Å². The summed E-state index contributed by atoms with van der Waals surface area (Å²) in [5.74, 6) is -1.62. The number of carbonyl (C=O) groups excluding carboxylic acids is 2. The van der Waals surface area contributed by atoms with Gasteiger partial charge in [-0.25, -0.2) is 9.78 Å². The van der Waals surface area contributed by atoms with Crippen molar-refractivity contribution in [2.75, 3.05) is 23.8 Å². The number of nitrogens with one attached hydrogen (secondary N) is 1. The fraction of sp³-hybridized carbons (Fsp3) is 0.278. The molecule has 0 spiro atoms. The Kier molecular flexibility index (Phi) is 7.80. The van der Waals surface area contributed by atoms with Crippen molar-refractivity contribution in [3.8, 4) is 0 Å². The van der Waals surface area contributed by atoms with Gasteiger partial charge < -0.3 is 27.1 Å². The second-order valence-corrected chi connectivity index (χ2v) is 11.7. The van der Waals surface area contributed by atoms with Gasteiger partial charge in [0.25, 0.3) is 11.8 Å². The molecule has 7 N–H and O–H groups in total. The number of carboxylic acid groups (broad SMARTS) is 1. The van der Waals surface area contributed by atoms with Gasteiger partial charge >= 0.3 is 5.97 Å². The molecule has 2 aromatic heterocycles. The molecule has 17 heteroatoms. The first-order chi connectivity index (χ1) is 16.8. The first-order valence-corrected chi connectivity index (χ1v) is 13.5. The second kappa shape index (κ2) is 10.8. The number of oxime groups is 1. The van der Waals surface area contributed by atoms with Crippen molar-refractivity contribution in [3.05, 3.63) is 34.5 Å². The number of anilines is 1. The molecule has 4 rings (SSSR count). The van der Waals surface area contributed by atoms with E-state index < -0.39 is 34.9 Å². The number of nitrogens with two attached hydrogens (primary N) is 2. The Labute approximate surface area is 214 Å². The standard InChI is InChI=1S/C18H18N8O5S4/c19-4-5-32-17-23-24-18(35-17)34-8-6-33-15-11(14(28)26(15)12(8)16(29)30)22-13(27)10(25-31)7-2-1-3-9(20)21-7/h1-3,11,15,31H,4-6,19H2,(H2,20,21)(H,22,27)(H,29,30)/b25-10-/t11-,15-/m1/s1. The van der Waals surface area contributed by atoms with Crippen LogP contribution in [0.15, 0.2) is 42.6 Å². The third-order valence-electron chi connectivity index (χ3n) is 4.69. The summed E-state index contributed by atoms with van der Waals surface area (Å²) in [6.45, 7) is 0.495. The third kappa shape index (κ3) is 5.22. The van der Waals surface area contributed by atoms with Crippen LogP contribution in [0, 0.1) is 0 Å². The highest BCUT2D eigenvalue weighted by Crippen LogP contribution is 2.46. The Morgan fingerprint density at radius 1 is 1.31 bits per heavy atom. The number of hydrogen-bond donors (Lipinski definition) is 5. The number of aromatic nitrogens is 3. The van der Waals surface area contributed by atoms with Crippen LogP contribution < -0.4 is 16.8 Å². The topological polar surface area (TPSA) is 210 Å². The van der Waals surface area contributed by atoms with Crippen molar-refractivity contribution in [1.29, 1.82) is 0 Å². The molecule has 2 aliphatic heterocycles. The zero-order valence-corrected chi connectivity index (χ0v) is 20.9. The second-order valence-electron chi connectivity index (χ2n) is 6.91. The van der Waals surface area contributed by atoms with Gasteiger partial charge in [-0.05, 0) is 12.1 Å². The minimum absolute atomic E-state index is 0.0239. The molecule has 0 unspecified atom stereocenters. The molecule has 35 heavy (non-hydrogen) atoms. The smallest absolute Gasteiger partial charge is 0.353 e. The average molecular weight is 555 g/mol. The highest BCUT2D eigenvalue weighted by molar-refractivity contribution is 8.07. The fourth-order valence-corrected chi connectivity index (χ4v) is 7.72. The molecule has 2 amide bonds. The summed E-state index contributed by atoms with van der Waals surface area (Å²) in [6, 6.07) is 3.45. The van der Waals surface area contributed by atoms with Gasteiger partial charge in [-0.2, -0.15) is 0 Å². The average Bonchev–Trinajstić information content (AvgIpc) is 3.28. The van der Waals surface area contributed by atoms with Gasteiger partial charge in [0.1, 0.15) is 28.6 Å². The van der Waals surface area contributed by atoms with Crippen LogP contribution in [0.2, 0.25) is 0 Å². The number of thioether (sulfide) groups is 3. The van der Waals surface area contributed by atoms with E-state index in [4.69, 9.17) is 11.5 Å². The van der Waals surface area contributed by atoms with Gasteiger partial charge in [0.05, 0.1) is 0 Å². The van der Waals surface area contributed by atoms with Crippen molar-refractivity contribution >= 4 is 75.9 Å². The van der Waals surface area contributed by atoms with Crippen LogP contribution in [0.1, 0.15) is 5.69 Å². The van der Waals surface area contributed by atoms with Gasteiger partial charge in [0, 0.05) is 23.0 Å². The van der Waals surface area contributed by atoms with Crippen LogP contribution in [0.25, 0.3) is 0 Å². The summed E-state index contributed by atoms with van der Waals surface area (Å²) in [4.78, 5) is 43.2. The van der Waals surface area contributed by atoms with E-state index in [2.05, 4.69) is 25.7 Å². The molecule has 2 aromatic rings. The highest BCUT2D eigenvalue weighted by Gasteiger charge is 2.54. The molecule has 0 aromatic carbocycles. The molecule has 0 saturated carbocycles. The Morgan fingerprint density at radius 3 is 2.77 bits per heavy atom. The zero-order chi connectivity index (χ0) is 25.1. The minimum Gasteiger partial charge on any atom is -0.477 e. The monoisotopic (exact) mass is 554 g/mol. The van der Waals surface area contributed by atoms with Gasteiger partial charge in [-0.3, -0.25) is 14.5 Å². The number of hydrogen-bond acceptors (Lipinski definition) is 14. The molecule has 13 nitrogen and oxygen atoms in total. The van der Waals surface area contributed by atoms with Gasteiger partial charge in [-0.1, -0.05) is 46.1 Å². The summed E-state index contributed by atoms with van der Waals surface area (Å²) < 4.78 is 1.27. The maximum atomic E-state index is 12.9. The fourth-order valence-electron chi connectivity index (χ4n) is 3.22. The maximum Gasteiger partial charge on any atom is 0.353 e. The van der Waals surface area contributed by atoms with Crippen LogP contribution in [0.3, 0.4) is 0 Å². The number of fused-ring (bicyclic) bond motifs is 1. The molecule has 0 bridgehead atoms. The Morgan fingerprint density at radius 2 is 2.09 bits per heavy atom. The lowest BCUT2D eigenvalue weighted by molar-refractivity contribution is -0.150. The molecule has 0 radical (unpaired) electrons. The molecule has 0 aliphatic carbocycles. The Hall–Kier alpha value is -2.86. The van der Waals surface area contributed by atoms with Crippen LogP contribution in [-0.2, 0) is 14.4 Å². The number of pyridine rings is 1. The van der Waals surface area contributed by atoms with Crippen molar-refractivity contribution in [1.82, 2.24) is 25.4 Å². The van der Waals surface area contributed by atoms with Crippen LogP contribution >= 0.6 is 46.6 Å². The first kappa shape index (κ1) is 25.2. The zero-order valence-electron chi connectivity index (χ0n) is 17.7. The predicted molar refractivity (Wildman–Crippen MR) is 132 cm³/mol. The SMILES string of the molecule is NCCSc1nnc(SC2=C(C(=O)O)N3C(=O)[C@@H](NC(=O)/C(=N\O)c4cccc(N)n4)[C@H]3SC2)s1. The van der Waals surface area contributed by atoms with E-state index in [0.29, 0.717) is 21.5 Å².